The van der Waals surface area contributed by atoms with Gasteiger partial charge in [-0.3, -0.25) is 14.7 Å². The number of amides is 2. The quantitative estimate of drug-likeness (QED) is 0.870. The summed E-state index contributed by atoms with van der Waals surface area (Å²) >= 11 is 0. The molecule has 8 nitrogen and oxygen atoms in total. The van der Waals surface area contributed by atoms with Gasteiger partial charge in [0, 0.05) is 32.1 Å². The molecule has 2 atom stereocenters. The smallest absolute Gasteiger partial charge is 0.272 e. The summed E-state index contributed by atoms with van der Waals surface area (Å²) in [5.41, 5.74) is 2.34. The van der Waals surface area contributed by atoms with Gasteiger partial charge in [-0.1, -0.05) is 0 Å². The molecule has 2 aromatic rings. The van der Waals surface area contributed by atoms with Crippen molar-refractivity contribution in [1.82, 2.24) is 30.0 Å². The molecule has 4 rings (SSSR count). The van der Waals surface area contributed by atoms with E-state index in [0.29, 0.717) is 24.5 Å². The molecule has 25 heavy (non-hydrogen) atoms. The van der Waals surface area contributed by atoms with Gasteiger partial charge in [0.15, 0.2) is 0 Å². The van der Waals surface area contributed by atoms with Gasteiger partial charge in [-0.05, 0) is 25.3 Å². The number of carbonyl (C=O) groups is 2. The van der Waals surface area contributed by atoms with Gasteiger partial charge >= 0.3 is 0 Å². The van der Waals surface area contributed by atoms with Gasteiger partial charge in [0.1, 0.15) is 5.69 Å². The minimum absolute atomic E-state index is 0.0764. The Morgan fingerprint density at radius 3 is 2.80 bits per heavy atom. The van der Waals surface area contributed by atoms with E-state index >= 15 is 0 Å². The Bertz CT molecular complexity index is 806. The molecule has 0 unspecified atom stereocenters. The minimum Gasteiger partial charge on any atom is -0.345 e. The summed E-state index contributed by atoms with van der Waals surface area (Å²) in [6.45, 7) is 0. The van der Waals surface area contributed by atoms with Gasteiger partial charge in [0.2, 0.25) is 5.91 Å². The molecule has 2 aliphatic rings. The van der Waals surface area contributed by atoms with Crippen LogP contribution in [0.2, 0.25) is 0 Å². The van der Waals surface area contributed by atoms with Crippen LogP contribution in [0.1, 0.15) is 59.5 Å². The van der Waals surface area contributed by atoms with Crippen molar-refractivity contribution in [2.75, 3.05) is 7.05 Å². The zero-order valence-corrected chi connectivity index (χ0v) is 14.4. The maximum atomic E-state index is 12.6. The van der Waals surface area contributed by atoms with E-state index in [1.807, 2.05) is 17.7 Å². The van der Waals surface area contributed by atoms with E-state index in [0.717, 1.165) is 24.2 Å². The first-order chi connectivity index (χ1) is 12.0. The average Bonchev–Trinajstić information content (AvgIpc) is 3.17. The number of aromatic amines is 1. The van der Waals surface area contributed by atoms with Crippen LogP contribution in [-0.2, 0) is 11.8 Å². The van der Waals surface area contributed by atoms with E-state index in [1.54, 1.807) is 24.5 Å². The zero-order valence-electron chi connectivity index (χ0n) is 14.4. The third-order valence-corrected chi connectivity index (χ3v) is 5.18. The monoisotopic (exact) mass is 342 g/mol. The fourth-order valence-electron chi connectivity index (χ4n) is 3.55. The Morgan fingerprint density at radius 2 is 2.12 bits per heavy atom. The predicted octanol–water partition coefficient (Wildman–Crippen LogP) is 1.11. The van der Waals surface area contributed by atoms with E-state index in [2.05, 4.69) is 20.5 Å². The minimum atomic E-state index is -0.237. The van der Waals surface area contributed by atoms with Gasteiger partial charge in [0.05, 0.1) is 30.3 Å². The van der Waals surface area contributed by atoms with Crippen LogP contribution in [0, 0.1) is 0 Å². The van der Waals surface area contributed by atoms with Crippen LogP contribution in [0.3, 0.4) is 0 Å². The lowest BCUT2D eigenvalue weighted by Gasteiger charge is -2.39. The van der Waals surface area contributed by atoms with Crippen molar-refractivity contribution >= 4 is 11.8 Å². The van der Waals surface area contributed by atoms with Gasteiger partial charge in [-0.15, -0.1) is 0 Å². The van der Waals surface area contributed by atoms with Crippen molar-refractivity contribution < 1.29 is 9.59 Å². The number of piperidine rings is 1. The summed E-state index contributed by atoms with van der Waals surface area (Å²) in [7, 11) is 3.67. The fourth-order valence-corrected chi connectivity index (χ4v) is 3.55. The summed E-state index contributed by atoms with van der Waals surface area (Å²) in [6, 6.07) is 1.43. The topological polar surface area (TPSA) is 95.9 Å². The number of hydrogen-bond acceptors (Lipinski definition) is 4. The second-order valence-corrected chi connectivity index (χ2v) is 6.98. The lowest BCUT2D eigenvalue weighted by atomic mass is 9.93. The molecule has 132 valence electrons. The van der Waals surface area contributed by atoms with Gasteiger partial charge < -0.3 is 14.8 Å². The number of carbonyl (C=O) groups excluding carboxylic acids is 2. The predicted molar refractivity (Wildman–Crippen MR) is 89.8 cm³/mol. The maximum absolute atomic E-state index is 12.6. The number of H-pyrrole nitrogens is 1. The highest BCUT2D eigenvalue weighted by molar-refractivity contribution is 5.92. The highest BCUT2D eigenvalue weighted by atomic mass is 16.2. The normalized spacial score (nSPS) is 23.8. The molecular formula is C17H22N6O2. The molecule has 1 aliphatic carbocycles. The Kier molecular flexibility index (Phi) is 3.82. The van der Waals surface area contributed by atoms with Crippen molar-refractivity contribution in [1.29, 1.82) is 0 Å². The van der Waals surface area contributed by atoms with Crippen molar-refractivity contribution in [2.24, 2.45) is 7.05 Å². The number of hydrogen-bond donors (Lipinski definition) is 2. The first kappa shape index (κ1) is 15.9. The number of aryl methyl sites for hydroxylation is 1. The van der Waals surface area contributed by atoms with E-state index in [9.17, 15) is 9.59 Å². The van der Waals surface area contributed by atoms with Crippen LogP contribution in [0.25, 0.3) is 0 Å². The van der Waals surface area contributed by atoms with Crippen molar-refractivity contribution in [3.8, 4) is 0 Å². The zero-order chi connectivity index (χ0) is 17.6. The highest BCUT2D eigenvalue weighted by Crippen LogP contribution is 2.39. The summed E-state index contributed by atoms with van der Waals surface area (Å²) in [6.07, 6.45) is 6.78. The van der Waals surface area contributed by atoms with Crippen LogP contribution >= 0.6 is 0 Å². The third kappa shape index (κ3) is 2.92. The SMILES string of the molecule is CN1C(=O)CC[C@@H](NC(=O)c2cc(C3CC3)[nH]n2)[C@@H]1c1cncn1C. The molecule has 0 aromatic carbocycles. The summed E-state index contributed by atoms with van der Waals surface area (Å²) in [4.78, 5) is 30.7. The van der Waals surface area contributed by atoms with Crippen LogP contribution in [0.15, 0.2) is 18.6 Å². The molecule has 0 bridgehead atoms. The number of rotatable bonds is 4. The van der Waals surface area contributed by atoms with Crippen LogP contribution < -0.4 is 5.32 Å². The van der Waals surface area contributed by atoms with Crippen molar-refractivity contribution in [3.63, 3.8) is 0 Å². The molecule has 2 fully saturated rings. The molecule has 2 amide bonds. The number of aromatic nitrogens is 4. The first-order valence-corrected chi connectivity index (χ1v) is 8.62. The number of likely N-dealkylation sites (tertiary alicyclic amines) is 1. The maximum Gasteiger partial charge on any atom is 0.272 e. The van der Waals surface area contributed by atoms with Crippen LogP contribution in [0.4, 0.5) is 0 Å². The Hall–Kier alpha value is -2.64. The van der Waals surface area contributed by atoms with Crippen molar-refractivity contribution in [3.05, 3.63) is 35.7 Å². The Balaban J connectivity index is 1.55. The molecule has 8 heteroatoms. The Morgan fingerprint density at radius 1 is 1.32 bits per heavy atom. The number of nitrogens with zero attached hydrogens (tertiary/aromatic N) is 4. The first-order valence-electron chi connectivity index (χ1n) is 8.62. The lowest BCUT2D eigenvalue weighted by molar-refractivity contribution is -0.136. The largest absolute Gasteiger partial charge is 0.345 e. The average molecular weight is 342 g/mol. The van der Waals surface area contributed by atoms with E-state index in [-0.39, 0.29) is 23.9 Å². The van der Waals surface area contributed by atoms with Gasteiger partial charge in [-0.2, -0.15) is 5.10 Å². The van der Waals surface area contributed by atoms with E-state index in [1.165, 1.54) is 0 Å². The van der Waals surface area contributed by atoms with Crippen LogP contribution in [0.5, 0.6) is 0 Å². The molecule has 0 spiro atoms. The number of nitrogens with one attached hydrogen (secondary N) is 2. The molecule has 1 aliphatic heterocycles. The number of likely N-dealkylation sites (N-methyl/N-ethyl adjacent to an activating group) is 1. The second-order valence-electron chi connectivity index (χ2n) is 6.98. The molecule has 0 radical (unpaired) electrons. The summed E-state index contributed by atoms with van der Waals surface area (Å²) in [5, 5.41) is 10.2. The second kappa shape index (κ2) is 6.02. The Labute approximate surface area is 145 Å². The van der Waals surface area contributed by atoms with Gasteiger partial charge in [-0.25, -0.2) is 4.98 Å². The standard InChI is InChI=1S/C17H22N6O2/c1-22-9-18-8-14(22)16-11(5-6-15(24)23(16)2)19-17(25)13-7-12(20-21-13)10-3-4-10/h7-11,16H,3-6H2,1-2H3,(H,19,25)(H,20,21)/t11-,16-/m1/s1. The molecule has 2 aromatic heterocycles. The summed E-state index contributed by atoms with van der Waals surface area (Å²) in [5.74, 6) is 0.394. The molecular weight excluding hydrogens is 320 g/mol. The lowest BCUT2D eigenvalue weighted by Crippen LogP contribution is -2.51. The molecule has 1 saturated carbocycles. The van der Waals surface area contributed by atoms with Crippen molar-refractivity contribution in [2.45, 2.75) is 43.7 Å². The van der Waals surface area contributed by atoms with Gasteiger partial charge in [0.25, 0.3) is 5.91 Å². The third-order valence-electron chi connectivity index (χ3n) is 5.18. The number of imidazole rings is 1. The fraction of sp³-hybridized carbons (Fsp3) is 0.529. The van der Waals surface area contributed by atoms with Crippen LogP contribution in [-0.4, -0.2) is 49.6 Å². The molecule has 3 heterocycles. The molecule has 2 N–H and O–H groups in total. The van der Waals surface area contributed by atoms with E-state index < -0.39 is 0 Å². The molecule has 1 saturated heterocycles. The highest BCUT2D eigenvalue weighted by Gasteiger charge is 2.37. The van der Waals surface area contributed by atoms with E-state index in [4.69, 9.17) is 0 Å². The summed E-state index contributed by atoms with van der Waals surface area (Å²) < 4.78 is 1.89.